The number of furan rings is 1. The molecule has 2 N–H and O–H groups in total. The van der Waals surface area contributed by atoms with Crippen molar-refractivity contribution in [3.8, 4) is 0 Å². The number of fused-ring (bicyclic) bond motifs is 1. The Morgan fingerprint density at radius 2 is 2.12 bits per heavy atom. The third-order valence-corrected chi connectivity index (χ3v) is 3.77. The molecule has 2 heteroatoms. The molecule has 1 aliphatic rings. The fraction of sp³-hybridized carbons (Fsp3) is 0.429. The van der Waals surface area contributed by atoms with Gasteiger partial charge in [0.2, 0.25) is 0 Å². The Labute approximate surface area is 95.4 Å². The van der Waals surface area contributed by atoms with Crippen molar-refractivity contribution in [3.63, 3.8) is 0 Å². The molecular weight excluding hydrogens is 198 g/mol. The van der Waals surface area contributed by atoms with Crippen LogP contribution in [0.1, 0.15) is 30.9 Å². The van der Waals surface area contributed by atoms with Gasteiger partial charge in [-0.1, -0.05) is 24.6 Å². The lowest BCUT2D eigenvalue weighted by molar-refractivity contribution is 0.416. The lowest BCUT2D eigenvalue weighted by Gasteiger charge is -2.14. The molecular formula is C14H17NO. The highest BCUT2D eigenvalue weighted by Crippen LogP contribution is 2.40. The first-order valence-corrected chi connectivity index (χ1v) is 6.07. The summed E-state index contributed by atoms with van der Waals surface area (Å²) >= 11 is 0. The third-order valence-electron chi connectivity index (χ3n) is 3.77. The number of benzene rings is 1. The first kappa shape index (κ1) is 9.91. The topological polar surface area (TPSA) is 39.2 Å². The highest BCUT2D eigenvalue weighted by Gasteiger charge is 2.29. The van der Waals surface area contributed by atoms with E-state index in [1.807, 2.05) is 12.1 Å². The van der Waals surface area contributed by atoms with Crippen molar-refractivity contribution in [2.45, 2.75) is 25.2 Å². The zero-order valence-corrected chi connectivity index (χ0v) is 9.36. The maximum atomic E-state index is 5.93. The minimum atomic E-state index is 0.539. The van der Waals surface area contributed by atoms with Crippen LogP contribution in [0.4, 0.5) is 0 Å². The monoisotopic (exact) mass is 215 g/mol. The van der Waals surface area contributed by atoms with Gasteiger partial charge >= 0.3 is 0 Å². The van der Waals surface area contributed by atoms with Crippen molar-refractivity contribution in [1.82, 2.24) is 0 Å². The van der Waals surface area contributed by atoms with Gasteiger partial charge in [0.25, 0.3) is 0 Å². The van der Waals surface area contributed by atoms with E-state index in [0.717, 1.165) is 17.9 Å². The summed E-state index contributed by atoms with van der Waals surface area (Å²) in [7, 11) is 0. The average Bonchev–Trinajstić information content (AvgIpc) is 2.94. The van der Waals surface area contributed by atoms with Crippen LogP contribution in [0.15, 0.2) is 34.7 Å². The highest BCUT2D eigenvalue weighted by molar-refractivity contribution is 5.77. The van der Waals surface area contributed by atoms with Crippen molar-refractivity contribution in [2.75, 3.05) is 6.54 Å². The lowest BCUT2D eigenvalue weighted by Crippen LogP contribution is -2.16. The van der Waals surface area contributed by atoms with Gasteiger partial charge in [0, 0.05) is 11.3 Å². The molecule has 1 saturated carbocycles. The van der Waals surface area contributed by atoms with Crippen LogP contribution >= 0.6 is 0 Å². The molecule has 1 aromatic carbocycles. The number of nitrogens with two attached hydrogens (primary N) is 1. The molecule has 0 spiro atoms. The summed E-state index contributed by atoms with van der Waals surface area (Å²) in [5.41, 5.74) is 6.81. The summed E-state index contributed by atoms with van der Waals surface area (Å²) in [6.45, 7) is 0.779. The van der Waals surface area contributed by atoms with Crippen molar-refractivity contribution in [2.24, 2.45) is 11.7 Å². The molecule has 2 atom stereocenters. The largest absolute Gasteiger partial charge is 0.461 e. The minimum absolute atomic E-state index is 0.539. The van der Waals surface area contributed by atoms with Crippen LogP contribution in [0.25, 0.3) is 11.0 Å². The summed E-state index contributed by atoms with van der Waals surface area (Å²) in [5.74, 6) is 2.28. The lowest BCUT2D eigenvalue weighted by atomic mass is 9.94. The normalized spacial score (nSPS) is 25.3. The smallest absolute Gasteiger partial charge is 0.134 e. The molecule has 1 aromatic heterocycles. The summed E-state index contributed by atoms with van der Waals surface area (Å²) in [4.78, 5) is 0. The quantitative estimate of drug-likeness (QED) is 0.835. The molecule has 0 amide bonds. The molecule has 0 aliphatic heterocycles. The predicted octanol–water partition coefficient (Wildman–Crippen LogP) is 3.28. The second-order valence-corrected chi connectivity index (χ2v) is 4.72. The third kappa shape index (κ3) is 1.54. The van der Waals surface area contributed by atoms with E-state index >= 15 is 0 Å². The van der Waals surface area contributed by atoms with E-state index < -0.39 is 0 Å². The van der Waals surface area contributed by atoms with Crippen molar-refractivity contribution < 1.29 is 4.42 Å². The Bertz CT molecular complexity index is 455. The number of para-hydroxylation sites is 1. The maximum Gasteiger partial charge on any atom is 0.134 e. The van der Waals surface area contributed by atoms with Crippen LogP contribution in [0.3, 0.4) is 0 Å². The van der Waals surface area contributed by atoms with Gasteiger partial charge in [0.05, 0.1) is 0 Å². The zero-order valence-electron chi connectivity index (χ0n) is 9.36. The summed E-state index contributed by atoms with van der Waals surface area (Å²) < 4.78 is 5.93. The molecule has 1 fully saturated rings. The standard InChI is InChI=1S/C14H17NO/c15-9-11-5-3-6-12(11)14-8-10-4-1-2-7-13(10)16-14/h1-2,4,7-8,11-12H,3,5-6,9,15H2. The highest BCUT2D eigenvalue weighted by atomic mass is 16.3. The van der Waals surface area contributed by atoms with Gasteiger partial charge in [-0.25, -0.2) is 0 Å². The van der Waals surface area contributed by atoms with Crippen LogP contribution in [0.5, 0.6) is 0 Å². The molecule has 0 saturated heterocycles. The van der Waals surface area contributed by atoms with Gasteiger partial charge in [-0.3, -0.25) is 0 Å². The summed E-state index contributed by atoms with van der Waals surface area (Å²) in [6.07, 6.45) is 3.75. The minimum Gasteiger partial charge on any atom is -0.461 e. The van der Waals surface area contributed by atoms with Crippen molar-refractivity contribution in [1.29, 1.82) is 0 Å². The van der Waals surface area contributed by atoms with E-state index in [1.165, 1.54) is 24.6 Å². The van der Waals surface area contributed by atoms with Crippen LogP contribution in [0, 0.1) is 5.92 Å². The van der Waals surface area contributed by atoms with E-state index in [1.54, 1.807) is 0 Å². The van der Waals surface area contributed by atoms with Crippen LogP contribution in [0.2, 0.25) is 0 Å². The second-order valence-electron chi connectivity index (χ2n) is 4.72. The van der Waals surface area contributed by atoms with Gasteiger partial charge in [-0.2, -0.15) is 0 Å². The van der Waals surface area contributed by atoms with Gasteiger partial charge < -0.3 is 10.2 Å². The fourth-order valence-corrected chi connectivity index (χ4v) is 2.88. The van der Waals surface area contributed by atoms with E-state index in [2.05, 4.69) is 18.2 Å². The van der Waals surface area contributed by atoms with Gasteiger partial charge in [0.15, 0.2) is 0 Å². The molecule has 3 rings (SSSR count). The van der Waals surface area contributed by atoms with Crippen LogP contribution in [-0.4, -0.2) is 6.54 Å². The Morgan fingerprint density at radius 3 is 2.94 bits per heavy atom. The molecule has 84 valence electrons. The first-order chi connectivity index (χ1) is 7.88. The molecule has 1 aliphatic carbocycles. The Balaban J connectivity index is 1.99. The molecule has 2 unspecified atom stereocenters. The average molecular weight is 215 g/mol. The Morgan fingerprint density at radius 1 is 1.25 bits per heavy atom. The number of rotatable bonds is 2. The summed E-state index contributed by atoms with van der Waals surface area (Å²) in [6, 6.07) is 10.4. The van der Waals surface area contributed by atoms with E-state index in [-0.39, 0.29) is 0 Å². The molecule has 16 heavy (non-hydrogen) atoms. The van der Waals surface area contributed by atoms with E-state index in [4.69, 9.17) is 10.2 Å². The van der Waals surface area contributed by atoms with E-state index in [0.29, 0.717) is 11.8 Å². The van der Waals surface area contributed by atoms with Crippen molar-refractivity contribution >= 4 is 11.0 Å². The maximum absolute atomic E-state index is 5.93. The predicted molar refractivity (Wildman–Crippen MR) is 65.4 cm³/mol. The first-order valence-electron chi connectivity index (χ1n) is 6.07. The van der Waals surface area contributed by atoms with E-state index in [9.17, 15) is 0 Å². The van der Waals surface area contributed by atoms with Gasteiger partial charge in [-0.05, 0) is 37.4 Å². The van der Waals surface area contributed by atoms with Crippen LogP contribution < -0.4 is 5.73 Å². The van der Waals surface area contributed by atoms with Crippen LogP contribution in [-0.2, 0) is 0 Å². The van der Waals surface area contributed by atoms with Gasteiger partial charge in [-0.15, -0.1) is 0 Å². The Kier molecular flexibility index (Phi) is 2.44. The fourth-order valence-electron chi connectivity index (χ4n) is 2.88. The summed E-state index contributed by atoms with van der Waals surface area (Å²) in [5, 5.41) is 1.21. The Hall–Kier alpha value is -1.28. The zero-order chi connectivity index (χ0) is 11.0. The molecule has 1 heterocycles. The number of hydrogen-bond donors (Lipinski definition) is 1. The molecule has 2 aromatic rings. The molecule has 0 radical (unpaired) electrons. The van der Waals surface area contributed by atoms with Crippen molar-refractivity contribution in [3.05, 3.63) is 36.1 Å². The second kappa shape index (κ2) is 3.95. The van der Waals surface area contributed by atoms with Gasteiger partial charge in [0.1, 0.15) is 11.3 Å². The SMILES string of the molecule is NCC1CCCC1c1cc2ccccc2o1. The molecule has 0 bridgehead atoms. The molecule has 2 nitrogen and oxygen atoms in total. The number of hydrogen-bond acceptors (Lipinski definition) is 2.